The summed E-state index contributed by atoms with van der Waals surface area (Å²) in [4.78, 5) is 18.9. The third-order valence-electron chi connectivity index (χ3n) is 7.74. The Labute approximate surface area is 229 Å². The third kappa shape index (κ3) is 5.69. The number of rotatable bonds is 10. The lowest BCUT2D eigenvalue weighted by atomic mass is 9.75. The lowest BCUT2D eigenvalue weighted by Gasteiger charge is -2.29. The molecule has 0 saturated heterocycles. The van der Waals surface area contributed by atoms with Crippen molar-refractivity contribution in [1.82, 2.24) is 24.3 Å². The first-order valence-electron chi connectivity index (χ1n) is 13.1. The van der Waals surface area contributed by atoms with Gasteiger partial charge in [-0.3, -0.25) is 14.5 Å². The van der Waals surface area contributed by atoms with Crippen LogP contribution in [0, 0.1) is 18.3 Å². The highest BCUT2D eigenvalue weighted by atomic mass is 32.2. The molecule has 38 heavy (non-hydrogen) atoms. The SMILES string of the molecule is CC[C@H]1Cc2ncccc2S(=O)(=O)N(Cc2cc([C@H](CCc3cn(CC)nn3)C(C)(C)C(=O)O)sc2C)C1. The molecule has 1 aliphatic heterocycles. The number of carboxylic acids is 1. The highest BCUT2D eigenvalue weighted by Crippen LogP contribution is 2.43. The zero-order chi connectivity index (χ0) is 27.7. The van der Waals surface area contributed by atoms with Crippen LogP contribution in [0.4, 0.5) is 0 Å². The molecule has 2 atom stereocenters. The van der Waals surface area contributed by atoms with Crippen LogP contribution < -0.4 is 0 Å². The van der Waals surface area contributed by atoms with Crippen molar-refractivity contribution in [3.05, 3.63) is 57.3 Å². The quantitative estimate of drug-likeness (QED) is 0.384. The Morgan fingerprint density at radius 2 is 2.08 bits per heavy atom. The highest BCUT2D eigenvalue weighted by molar-refractivity contribution is 7.89. The first-order valence-corrected chi connectivity index (χ1v) is 15.4. The van der Waals surface area contributed by atoms with Gasteiger partial charge >= 0.3 is 5.97 Å². The van der Waals surface area contributed by atoms with Gasteiger partial charge in [-0.25, -0.2) is 8.42 Å². The summed E-state index contributed by atoms with van der Waals surface area (Å²) in [6, 6.07) is 5.34. The highest BCUT2D eigenvalue weighted by Gasteiger charge is 2.39. The zero-order valence-corrected chi connectivity index (χ0v) is 24.3. The maximum absolute atomic E-state index is 13.7. The molecule has 0 bridgehead atoms. The Morgan fingerprint density at radius 1 is 1.32 bits per heavy atom. The Kier molecular flexibility index (Phi) is 8.39. The summed E-state index contributed by atoms with van der Waals surface area (Å²) in [5.74, 6) is -0.954. The number of aryl methyl sites for hydroxylation is 3. The van der Waals surface area contributed by atoms with E-state index in [2.05, 4.69) is 22.2 Å². The van der Waals surface area contributed by atoms with Crippen molar-refractivity contribution in [2.45, 2.75) is 84.2 Å². The first-order chi connectivity index (χ1) is 18.0. The van der Waals surface area contributed by atoms with Gasteiger partial charge in [0.05, 0.1) is 16.8 Å². The van der Waals surface area contributed by atoms with E-state index in [-0.39, 0.29) is 23.3 Å². The molecule has 206 valence electrons. The van der Waals surface area contributed by atoms with Crippen LogP contribution in [0.2, 0.25) is 0 Å². The van der Waals surface area contributed by atoms with Gasteiger partial charge in [-0.2, -0.15) is 4.31 Å². The average Bonchev–Trinajstić information content (AvgIpc) is 3.46. The molecule has 0 aromatic carbocycles. The van der Waals surface area contributed by atoms with Crippen LogP contribution in [0.5, 0.6) is 0 Å². The molecule has 9 nitrogen and oxygen atoms in total. The molecular formula is C27H37N5O4S2. The van der Waals surface area contributed by atoms with Crippen LogP contribution in [-0.2, 0) is 40.7 Å². The summed E-state index contributed by atoms with van der Waals surface area (Å²) in [5, 5.41) is 18.4. The Balaban J connectivity index is 1.64. The predicted molar refractivity (Wildman–Crippen MR) is 147 cm³/mol. The number of aromatic nitrogens is 4. The summed E-state index contributed by atoms with van der Waals surface area (Å²) >= 11 is 1.56. The molecule has 4 heterocycles. The topological polar surface area (TPSA) is 118 Å². The number of hydrogen-bond donors (Lipinski definition) is 1. The molecule has 0 saturated carbocycles. The monoisotopic (exact) mass is 559 g/mol. The Morgan fingerprint density at radius 3 is 2.74 bits per heavy atom. The van der Waals surface area contributed by atoms with Crippen molar-refractivity contribution in [1.29, 1.82) is 0 Å². The normalized spacial score (nSPS) is 18.6. The average molecular weight is 560 g/mol. The molecule has 11 heteroatoms. The van der Waals surface area contributed by atoms with E-state index in [0.717, 1.165) is 34.0 Å². The number of aliphatic carboxylic acids is 1. The van der Waals surface area contributed by atoms with Gasteiger partial charge in [0, 0.05) is 47.7 Å². The number of carboxylic acid groups (broad SMARTS) is 1. The molecule has 0 radical (unpaired) electrons. The third-order valence-corrected chi connectivity index (χ3v) is 10.8. The fourth-order valence-corrected chi connectivity index (χ4v) is 8.11. The number of thiophene rings is 1. The Bertz CT molecular complexity index is 1400. The summed E-state index contributed by atoms with van der Waals surface area (Å²) in [5.41, 5.74) is 1.37. The van der Waals surface area contributed by atoms with E-state index in [1.165, 1.54) is 0 Å². The number of hydrogen-bond acceptors (Lipinski definition) is 7. The summed E-state index contributed by atoms with van der Waals surface area (Å²) in [7, 11) is -3.71. The van der Waals surface area contributed by atoms with Crippen LogP contribution in [0.3, 0.4) is 0 Å². The van der Waals surface area contributed by atoms with Gasteiger partial charge in [0.15, 0.2) is 0 Å². The smallest absolute Gasteiger partial charge is 0.309 e. The van der Waals surface area contributed by atoms with Gasteiger partial charge in [-0.15, -0.1) is 16.4 Å². The van der Waals surface area contributed by atoms with Gasteiger partial charge < -0.3 is 5.11 Å². The first kappa shape index (κ1) is 28.4. The second kappa shape index (κ2) is 11.2. The van der Waals surface area contributed by atoms with E-state index in [1.54, 1.807) is 52.5 Å². The fraction of sp³-hybridized carbons (Fsp3) is 0.556. The molecule has 1 aliphatic rings. The zero-order valence-electron chi connectivity index (χ0n) is 22.7. The van der Waals surface area contributed by atoms with E-state index >= 15 is 0 Å². The molecule has 1 N–H and O–H groups in total. The molecule has 4 rings (SSSR count). The standard InChI is InChI=1S/C27H37N5O4S2/c1-6-19-13-23-25(9-8-12-28-23)38(35,36)32(15-19)16-20-14-24(37-18(20)3)22(27(4,5)26(33)34)11-10-21-17-31(7-2)30-29-21/h8-9,12,14,17,19,22H,6-7,10-11,13,15-16H2,1-5H3,(H,33,34)/t19-,22-/m0/s1. The molecule has 0 spiro atoms. The van der Waals surface area contributed by atoms with Crippen LogP contribution in [0.15, 0.2) is 35.5 Å². The largest absolute Gasteiger partial charge is 0.481 e. The van der Waals surface area contributed by atoms with E-state index in [4.69, 9.17) is 0 Å². The maximum Gasteiger partial charge on any atom is 0.309 e. The van der Waals surface area contributed by atoms with Crippen molar-refractivity contribution in [2.24, 2.45) is 11.3 Å². The molecule has 0 unspecified atom stereocenters. The van der Waals surface area contributed by atoms with Gasteiger partial charge in [0.2, 0.25) is 10.0 Å². The number of fused-ring (bicyclic) bond motifs is 1. The lowest BCUT2D eigenvalue weighted by Crippen LogP contribution is -2.33. The fourth-order valence-electron chi connectivity index (χ4n) is 5.07. The van der Waals surface area contributed by atoms with Crippen molar-refractivity contribution in [3.8, 4) is 0 Å². The van der Waals surface area contributed by atoms with Gasteiger partial charge in [0.1, 0.15) is 4.90 Å². The number of sulfonamides is 1. The maximum atomic E-state index is 13.7. The lowest BCUT2D eigenvalue weighted by molar-refractivity contribution is -0.148. The Hall–Kier alpha value is -2.63. The molecule has 0 aliphatic carbocycles. The van der Waals surface area contributed by atoms with Crippen LogP contribution in [0.1, 0.15) is 73.2 Å². The van der Waals surface area contributed by atoms with E-state index in [1.807, 2.05) is 26.1 Å². The second-order valence-electron chi connectivity index (χ2n) is 10.6. The minimum Gasteiger partial charge on any atom is -0.481 e. The number of carbonyl (C=O) groups is 1. The van der Waals surface area contributed by atoms with E-state index in [9.17, 15) is 18.3 Å². The van der Waals surface area contributed by atoms with E-state index < -0.39 is 21.4 Å². The van der Waals surface area contributed by atoms with Crippen LogP contribution in [-0.4, -0.2) is 50.3 Å². The number of nitrogens with zero attached hydrogens (tertiary/aromatic N) is 5. The van der Waals surface area contributed by atoms with Crippen molar-refractivity contribution < 1.29 is 18.3 Å². The molecular weight excluding hydrogens is 522 g/mol. The van der Waals surface area contributed by atoms with Crippen molar-refractivity contribution in [2.75, 3.05) is 6.54 Å². The number of pyridine rings is 1. The minimum atomic E-state index is -3.71. The molecule has 3 aromatic rings. The summed E-state index contributed by atoms with van der Waals surface area (Å²) in [6.45, 7) is 11.0. The minimum absolute atomic E-state index is 0.176. The second-order valence-corrected chi connectivity index (χ2v) is 13.8. The summed E-state index contributed by atoms with van der Waals surface area (Å²) < 4.78 is 30.7. The van der Waals surface area contributed by atoms with E-state index in [0.29, 0.717) is 31.5 Å². The van der Waals surface area contributed by atoms with Crippen molar-refractivity contribution in [3.63, 3.8) is 0 Å². The van der Waals surface area contributed by atoms with Gasteiger partial charge in [-0.05, 0) is 76.6 Å². The van der Waals surface area contributed by atoms with Gasteiger partial charge in [-0.1, -0.05) is 18.6 Å². The van der Waals surface area contributed by atoms with Crippen LogP contribution in [0.25, 0.3) is 0 Å². The summed E-state index contributed by atoms with van der Waals surface area (Å²) in [6.07, 6.45) is 6.24. The predicted octanol–water partition coefficient (Wildman–Crippen LogP) is 4.66. The molecule has 0 amide bonds. The molecule has 3 aromatic heterocycles. The van der Waals surface area contributed by atoms with Crippen molar-refractivity contribution >= 4 is 27.3 Å². The van der Waals surface area contributed by atoms with Crippen LogP contribution >= 0.6 is 11.3 Å². The molecule has 0 fully saturated rings. The van der Waals surface area contributed by atoms with Gasteiger partial charge in [0.25, 0.3) is 0 Å².